The Morgan fingerprint density at radius 1 is 1.07 bits per heavy atom. The normalized spacial score (nSPS) is 16.0. The Morgan fingerprint density at radius 2 is 1.96 bits per heavy atom. The van der Waals surface area contributed by atoms with Gasteiger partial charge in [-0.25, -0.2) is 0 Å². The zero-order chi connectivity index (χ0) is 18.9. The molecule has 3 aromatic rings. The number of carbonyl (C=O) groups excluding carboxylic acids is 1. The highest BCUT2D eigenvalue weighted by Crippen LogP contribution is 2.30. The minimum absolute atomic E-state index is 0.0267. The Morgan fingerprint density at radius 3 is 2.89 bits per heavy atom. The summed E-state index contributed by atoms with van der Waals surface area (Å²) < 4.78 is 7.95. The zero-order valence-electron chi connectivity index (χ0n) is 16.2. The summed E-state index contributed by atoms with van der Waals surface area (Å²) in [5.74, 6) is 2.11. The molecular weight excluding hydrogens is 352 g/mol. The van der Waals surface area contributed by atoms with Crippen LogP contribution in [0.1, 0.15) is 54.0 Å². The third-order valence-corrected chi connectivity index (χ3v) is 6.08. The Hall–Kier alpha value is -2.63. The van der Waals surface area contributed by atoms with Gasteiger partial charge in [0.1, 0.15) is 17.2 Å². The van der Waals surface area contributed by atoms with E-state index in [0.29, 0.717) is 13.0 Å². The molecule has 3 heterocycles. The maximum atomic E-state index is 12.5. The number of carbonyl (C=O) groups is 1. The van der Waals surface area contributed by atoms with Gasteiger partial charge in [0.2, 0.25) is 5.91 Å². The van der Waals surface area contributed by atoms with Crippen molar-refractivity contribution in [1.29, 1.82) is 0 Å². The molecule has 1 aliphatic heterocycles. The maximum absolute atomic E-state index is 12.5. The molecule has 1 amide bonds. The minimum Gasteiger partial charge on any atom is -0.464 e. The summed E-state index contributed by atoms with van der Waals surface area (Å²) >= 11 is 0. The molecule has 2 aliphatic rings. The molecule has 0 unspecified atom stereocenters. The van der Waals surface area contributed by atoms with Crippen LogP contribution in [0.15, 0.2) is 22.8 Å². The highest BCUT2D eigenvalue weighted by molar-refractivity contribution is 5.88. The first kappa shape index (κ1) is 17.5. The maximum Gasteiger partial charge on any atom is 0.224 e. The number of nitrogens with one attached hydrogen (secondary N) is 1. The first-order valence-electron chi connectivity index (χ1n) is 10.5. The van der Waals surface area contributed by atoms with E-state index >= 15 is 0 Å². The number of aryl methyl sites for hydroxylation is 3. The number of hydrogen-bond donors (Lipinski definition) is 1. The molecule has 0 atom stereocenters. The van der Waals surface area contributed by atoms with Crippen molar-refractivity contribution in [3.63, 3.8) is 0 Å². The molecule has 0 spiro atoms. The molecule has 0 radical (unpaired) electrons. The quantitative estimate of drug-likeness (QED) is 0.740. The SMILES string of the molecule is O=C(Cc1coc2cc3c(cc12)CCC3)NCCc1nnc2n1CCCCC2. The molecular formula is C22H26N4O2. The number of amides is 1. The molecule has 5 rings (SSSR count). The first-order valence-corrected chi connectivity index (χ1v) is 10.5. The van der Waals surface area contributed by atoms with E-state index in [1.54, 1.807) is 6.26 Å². The smallest absolute Gasteiger partial charge is 0.224 e. The van der Waals surface area contributed by atoms with Crippen molar-refractivity contribution in [1.82, 2.24) is 20.1 Å². The molecule has 0 bridgehead atoms. The fraction of sp³-hybridized carbons (Fsp3) is 0.500. The number of hydrogen-bond acceptors (Lipinski definition) is 4. The van der Waals surface area contributed by atoms with E-state index in [9.17, 15) is 4.79 Å². The fourth-order valence-electron chi connectivity index (χ4n) is 4.56. The van der Waals surface area contributed by atoms with Gasteiger partial charge in [-0.15, -0.1) is 10.2 Å². The van der Waals surface area contributed by atoms with Crippen LogP contribution in [0.5, 0.6) is 0 Å². The summed E-state index contributed by atoms with van der Waals surface area (Å²) in [4.78, 5) is 12.5. The molecule has 1 aromatic carbocycles. The lowest BCUT2D eigenvalue weighted by Gasteiger charge is -2.08. The predicted octanol–water partition coefficient (Wildman–Crippen LogP) is 3.14. The van der Waals surface area contributed by atoms with Gasteiger partial charge in [0, 0.05) is 36.9 Å². The molecule has 0 saturated heterocycles. The number of aromatic nitrogens is 3. The van der Waals surface area contributed by atoms with Crippen molar-refractivity contribution in [3.05, 3.63) is 46.7 Å². The average Bonchev–Trinajstić information content (AvgIpc) is 3.36. The van der Waals surface area contributed by atoms with Crippen LogP contribution in [0.25, 0.3) is 11.0 Å². The zero-order valence-corrected chi connectivity index (χ0v) is 16.2. The van der Waals surface area contributed by atoms with E-state index < -0.39 is 0 Å². The van der Waals surface area contributed by atoms with Crippen LogP contribution in [0.3, 0.4) is 0 Å². The van der Waals surface area contributed by atoms with Crippen molar-refractivity contribution in [2.24, 2.45) is 0 Å². The first-order chi connectivity index (χ1) is 13.8. The minimum atomic E-state index is 0.0267. The van der Waals surface area contributed by atoms with Gasteiger partial charge in [-0.2, -0.15) is 0 Å². The molecule has 6 heteroatoms. The second-order valence-electron chi connectivity index (χ2n) is 8.00. The molecule has 2 aromatic heterocycles. The standard InChI is InChI=1S/C22H26N4O2/c27-22(23-9-8-21-25-24-20-7-2-1-3-10-26(20)21)13-17-14-28-19-12-16-6-4-5-15(16)11-18(17)19/h11-12,14H,1-10,13H2,(H,23,27). The number of fused-ring (bicyclic) bond motifs is 3. The fourth-order valence-corrected chi connectivity index (χ4v) is 4.56. The molecule has 6 nitrogen and oxygen atoms in total. The van der Waals surface area contributed by atoms with Crippen molar-refractivity contribution >= 4 is 16.9 Å². The summed E-state index contributed by atoms with van der Waals surface area (Å²) in [6.45, 7) is 1.58. The Bertz CT molecular complexity index is 1020. The van der Waals surface area contributed by atoms with Crippen molar-refractivity contribution < 1.29 is 9.21 Å². The predicted molar refractivity (Wildman–Crippen MR) is 106 cm³/mol. The van der Waals surface area contributed by atoms with Gasteiger partial charge < -0.3 is 14.3 Å². The summed E-state index contributed by atoms with van der Waals surface area (Å²) in [5.41, 5.74) is 4.67. The molecule has 1 aliphatic carbocycles. The Labute approximate surface area is 164 Å². The Kier molecular flexibility index (Phi) is 4.63. The second-order valence-corrected chi connectivity index (χ2v) is 8.00. The largest absolute Gasteiger partial charge is 0.464 e. The lowest BCUT2D eigenvalue weighted by atomic mass is 10.0. The third kappa shape index (κ3) is 3.32. The summed E-state index contributed by atoms with van der Waals surface area (Å²) in [6.07, 6.45) is 10.9. The highest BCUT2D eigenvalue weighted by Gasteiger charge is 2.17. The van der Waals surface area contributed by atoms with E-state index in [-0.39, 0.29) is 5.91 Å². The third-order valence-electron chi connectivity index (χ3n) is 6.08. The van der Waals surface area contributed by atoms with Gasteiger partial charge in [-0.3, -0.25) is 4.79 Å². The van der Waals surface area contributed by atoms with E-state index in [1.165, 1.54) is 36.8 Å². The topological polar surface area (TPSA) is 73.0 Å². The Balaban J connectivity index is 1.20. The monoisotopic (exact) mass is 378 g/mol. The van der Waals surface area contributed by atoms with Crippen LogP contribution in [0.4, 0.5) is 0 Å². The van der Waals surface area contributed by atoms with Crippen LogP contribution < -0.4 is 5.32 Å². The number of benzene rings is 1. The number of nitrogens with zero attached hydrogens (tertiary/aromatic N) is 3. The van der Waals surface area contributed by atoms with Crippen LogP contribution in [0.2, 0.25) is 0 Å². The second kappa shape index (κ2) is 7.41. The van der Waals surface area contributed by atoms with Gasteiger partial charge in [0.15, 0.2) is 0 Å². The lowest BCUT2D eigenvalue weighted by Crippen LogP contribution is -2.28. The number of furan rings is 1. The van der Waals surface area contributed by atoms with Crippen molar-refractivity contribution in [2.45, 2.75) is 64.3 Å². The number of rotatable bonds is 5. The van der Waals surface area contributed by atoms with Gasteiger partial charge in [0.25, 0.3) is 0 Å². The van der Waals surface area contributed by atoms with Crippen molar-refractivity contribution in [2.75, 3.05) is 6.54 Å². The van der Waals surface area contributed by atoms with Crippen LogP contribution >= 0.6 is 0 Å². The summed E-state index contributed by atoms with van der Waals surface area (Å²) in [7, 11) is 0. The average molecular weight is 378 g/mol. The molecule has 1 N–H and O–H groups in total. The van der Waals surface area contributed by atoms with Crippen LogP contribution in [-0.2, 0) is 43.4 Å². The molecule has 28 heavy (non-hydrogen) atoms. The van der Waals surface area contributed by atoms with Crippen molar-refractivity contribution in [3.8, 4) is 0 Å². The molecule has 146 valence electrons. The van der Waals surface area contributed by atoms with E-state index in [0.717, 1.165) is 60.4 Å². The lowest BCUT2D eigenvalue weighted by molar-refractivity contribution is -0.120. The molecule has 0 saturated carbocycles. The van der Waals surface area contributed by atoms with Gasteiger partial charge in [-0.05, 0) is 55.4 Å². The van der Waals surface area contributed by atoms with E-state index in [1.807, 2.05) is 0 Å². The van der Waals surface area contributed by atoms with Crippen LogP contribution in [-0.4, -0.2) is 27.2 Å². The highest BCUT2D eigenvalue weighted by atomic mass is 16.3. The summed E-state index contributed by atoms with van der Waals surface area (Å²) in [5, 5.41) is 12.8. The summed E-state index contributed by atoms with van der Waals surface area (Å²) in [6, 6.07) is 4.37. The van der Waals surface area contributed by atoms with Crippen LogP contribution in [0, 0.1) is 0 Å². The van der Waals surface area contributed by atoms with E-state index in [4.69, 9.17) is 4.42 Å². The van der Waals surface area contributed by atoms with Gasteiger partial charge >= 0.3 is 0 Å². The van der Waals surface area contributed by atoms with Gasteiger partial charge in [0.05, 0.1) is 12.7 Å². The van der Waals surface area contributed by atoms with E-state index in [2.05, 4.69) is 32.2 Å². The van der Waals surface area contributed by atoms with Gasteiger partial charge in [-0.1, -0.05) is 6.42 Å². The molecule has 0 fully saturated rings.